The number of carbonyl (C=O) groups is 2. The van der Waals surface area contributed by atoms with E-state index in [4.69, 9.17) is 16.3 Å². The number of fused-ring (bicyclic) bond motifs is 1. The van der Waals surface area contributed by atoms with Gasteiger partial charge in [-0.2, -0.15) is 4.98 Å². The Morgan fingerprint density at radius 3 is 2.51 bits per heavy atom. The molecule has 182 valence electrons. The Balaban J connectivity index is 1.29. The monoisotopic (exact) mass is 495 g/mol. The van der Waals surface area contributed by atoms with Gasteiger partial charge in [0.2, 0.25) is 0 Å². The van der Waals surface area contributed by atoms with Crippen LogP contribution in [0.3, 0.4) is 0 Å². The van der Waals surface area contributed by atoms with Crippen molar-refractivity contribution in [3.8, 4) is 17.3 Å². The number of urea groups is 1. The lowest BCUT2D eigenvalue weighted by Gasteiger charge is -2.39. The molecule has 5 rings (SSSR count). The molecule has 2 N–H and O–H groups in total. The lowest BCUT2D eigenvalue weighted by Crippen LogP contribution is -2.58. The molecule has 1 aliphatic carbocycles. The highest BCUT2D eigenvalue weighted by Gasteiger charge is 2.33. The number of ether oxygens (including phenoxy) is 1. The summed E-state index contributed by atoms with van der Waals surface area (Å²) in [5.74, 6) is -1.02. The molecule has 35 heavy (non-hydrogen) atoms. The van der Waals surface area contributed by atoms with Crippen LogP contribution in [0.5, 0.6) is 6.01 Å². The fourth-order valence-electron chi connectivity index (χ4n) is 4.43. The van der Waals surface area contributed by atoms with E-state index in [1.807, 2.05) is 30.3 Å². The average Bonchev–Trinajstić information content (AvgIpc) is 3.21. The van der Waals surface area contributed by atoms with Crippen molar-refractivity contribution < 1.29 is 19.4 Å². The van der Waals surface area contributed by atoms with Gasteiger partial charge in [-0.05, 0) is 36.5 Å². The summed E-state index contributed by atoms with van der Waals surface area (Å²) >= 11 is 6.54. The Morgan fingerprint density at radius 1 is 1.17 bits per heavy atom. The molecule has 10 heteroatoms. The van der Waals surface area contributed by atoms with Gasteiger partial charge in [0.15, 0.2) is 5.65 Å². The van der Waals surface area contributed by atoms with Crippen LogP contribution in [-0.2, 0) is 4.79 Å². The lowest BCUT2D eigenvalue weighted by atomic mass is 9.86. The first-order chi connectivity index (χ1) is 16.8. The molecule has 2 amide bonds. The van der Waals surface area contributed by atoms with Gasteiger partial charge in [-0.15, -0.1) is 0 Å². The second kappa shape index (κ2) is 9.22. The molecule has 1 saturated heterocycles. The van der Waals surface area contributed by atoms with Crippen molar-refractivity contribution >= 4 is 40.3 Å². The predicted octanol–water partition coefficient (Wildman–Crippen LogP) is 4.29. The highest BCUT2D eigenvalue weighted by Crippen LogP contribution is 2.33. The van der Waals surface area contributed by atoms with Crippen LogP contribution in [0.1, 0.15) is 24.8 Å². The van der Waals surface area contributed by atoms with Crippen LogP contribution in [0.2, 0.25) is 5.02 Å². The molecule has 0 radical (unpaired) electrons. The number of nitrogens with one attached hydrogen (secondary N) is 1. The maximum absolute atomic E-state index is 11.9. The summed E-state index contributed by atoms with van der Waals surface area (Å²) in [5.41, 5.74) is 4.90. The van der Waals surface area contributed by atoms with E-state index in [9.17, 15) is 14.7 Å². The number of allylic oxidation sites excluding steroid dienone is 2. The maximum atomic E-state index is 11.9. The van der Waals surface area contributed by atoms with E-state index >= 15 is 0 Å². The first-order valence-electron chi connectivity index (χ1n) is 11.5. The molecule has 1 unspecified atom stereocenters. The van der Waals surface area contributed by atoms with Gasteiger partial charge in [0.05, 0.1) is 35.2 Å². The SMILES string of the molecule is CN(C)C(=O)N1CC(Oc2nc3nc(-c4ccc(C5=CCC(C(=O)O)CC5)cc4)c(Cl)cc3[nH]2)C1. The Labute approximate surface area is 207 Å². The van der Waals surface area contributed by atoms with E-state index in [2.05, 4.69) is 15.0 Å². The molecule has 1 aromatic carbocycles. The van der Waals surface area contributed by atoms with Crippen LogP contribution < -0.4 is 4.74 Å². The highest BCUT2D eigenvalue weighted by atomic mass is 35.5. The van der Waals surface area contributed by atoms with E-state index in [0.717, 1.165) is 17.5 Å². The van der Waals surface area contributed by atoms with Crippen molar-refractivity contribution in [3.63, 3.8) is 0 Å². The molecule has 0 spiro atoms. The summed E-state index contributed by atoms with van der Waals surface area (Å²) in [6.07, 6.45) is 3.87. The zero-order chi connectivity index (χ0) is 24.7. The maximum Gasteiger partial charge on any atom is 0.319 e. The van der Waals surface area contributed by atoms with E-state index in [0.29, 0.717) is 53.8 Å². The van der Waals surface area contributed by atoms with Crippen LogP contribution in [0.25, 0.3) is 28.0 Å². The van der Waals surface area contributed by atoms with Crippen molar-refractivity contribution in [1.82, 2.24) is 24.8 Å². The van der Waals surface area contributed by atoms with Gasteiger partial charge < -0.3 is 24.6 Å². The van der Waals surface area contributed by atoms with Crippen LogP contribution in [0.15, 0.2) is 36.4 Å². The first kappa shape index (κ1) is 23.2. The summed E-state index contributed by atoms with van der Waals surface area (Å²) in [4.78, 5) is 38.6. The molecule has 2 aromatic heterocycles. The normalized spacial score (nSPS) is 18.2. The molecular weight excluding hydrogens is 470 g/mol. The fourth-order valence-corrected chi connectivity index (χ4v) is 4.69. The number of likely N-dealkylation sites (tertiary alicyclic amines) is 1. The van der Waals surface area contributed by atoms with Gasteiger partial charge in [-0.1, -0.05) is 41.9 Å². The number of aromatic amines is 1. The number of aromatic nitrogens is 3. The number of aliphatic carboxylic acids is 1. The summed E-state index contributed by atoms with van der Waals surface area (Å²) in [6, 6.07) is 10.1. The third-order valence-corrected chi connectivity index (χ3v) is 6.76. The number of amides is 2. The number of imidazole rings is 1. The van der Waals surface area contributed by atoms with Gasteiger partial charge in [0.25, 0.3) is 6.01 Å². The number of benzene rings is 1. The van der Waals surface area contributed by atoms with Gasteiger partial charge in [0, 0.05) is 19.7 Å². The smallest absolute Gasteiger partial charge is 0.319 e. The number of H-pyrrole nitrogens is 1. The van der Waals surface area contributed by atoms with E-state index < -0.39 is 5.97 Å². The number of pyridine rings is 1. The largest absolute Gasteiger partial charge is 0.481 e. The van der Waals surface area contributed by atoms with Crippen LogP contribution >= 0.6 is 11.6 Å². The molecule has 3 aromatic rings. The topological polar surface area (TPSA) is 112 Å². The minimum Gasteiger partial charge on any atom is -0.481 e. The Kier molecular flexibility index (Phi) is 6.10. The predicted molar refractivity (Wildman–Crippen MR) is 132 cm³/mol. The second-order valence-electron chi connectivity index (χ2n) is 9.17. The molecule has 9 nitrogen and oxygen atoms in total. The van der Waals surface area contributed by atoms with Crippen molar-refractivity contribution in [2.75, 3.05) is 27.2 Å². The lowest BCUT2D eigenvalue weighted by molar-refractivity contribution is -0.141. The van der Waals surface area contributed by atoms with Gasteiger partial charge in [-0.25, -0.2) is 9.78 Å². The summed E-state index contributed by atoms with van der Waals surface area (Å²) in [7, 11) is 3.44. The second-order valence-corrected chi connectivity index (χ2v) is 9.58. The quantitative estimate of drug-likeness (QED) is 0.546. The molecular formula is C25H26ClN5O4. The van der Waals surface area contributed by atoms with Crippen molar-refractivity contribution in [2.45, 2.75) is 25.4 Å². The highest BCUT2D eigenvalue weighted by molar-refractivity contribution is 6.33. The summed E-state index contributed by atoms with van der Waals surface area (Å²) in [6.45, 7) is 1.01. The summed E-state index contributed by atoms with van der Waals surface area (Å²) < 4.78 is 5.88. The van der Waals surface area contributed by atoms with Crippen LogP contribution in [-0.4, -0.2) is 75.1 Å². The molecule has 1 atom stereocenters. The Hall–Kier alpha value is -3.59. The third kappa shape index (κ3) is 4.68. The number of nitrogens with zero attached hydrogens (tertiary/aromatic N) is 4. The Morgan fingerprint density at radius 2 is 1.89 bits per heavy atom. The molecule has 0 saturated carbocycles. The number of carboxylic acid groups (broad SMARTS) is 1. The van der Waals surface area contributed by atoms with E-state index in [1.54, 1.807) is 25.1 Å². The number of carboxylic acids is 1. The molecule has 0 bridgehead atoms. The van der Waals surface area contributed by atoms with Gasteiger partial charge in [-0.3, -0.25) is 4.79 Å². The van der Waals surface area contributed by atoms with E-state index in [1.165, 1.54) is 10.5 Å². The zero-order valence-electron chi connectivity index (χ0n) is 19.5. The number of halogens is 1. The third-order valence-electron chi connectivity index (χ3n) is 6.47. The van der Waals surface area contributed by atoms with Crippen molar-refractivity contribution in [2.24, 2.45) is 5.92 Å². The molecule has 1 aliphatic heterocycles. The van der Waals surface area contributed by atoms with Crippen molar-refractivity contribution in [1.29, 1.82) is 0 Å². The fraction of sp³-hybridized carbons (Fsp3) is 0.360. The number of carbonyl (C=O) groups excluding carboxylic acids is 1. The van der Waals surface area contributed by atoms with Gasteiger partial charge >= 0.3 is 12.0 Å². The van der Waals surface area contributed by atoms with Crippen LogP contribution in [0.4, 0.5) is 4.79 Å². The standard InChI is InChI=1S/C25H26ClN5O4/c1-30(2)25(34)31-12-18(13-31)35-24-27-20-11-19(26)21(28-22(20)29-24)16-7-3-14(4-8-16)15-5-9-17(10-6-15)23(32)33/h3-5,7-8,11,17-18H,6,9-10,12-13H2,1-2H3,(H,32,33)(H,27,28,29). The first-order valence-corrected chi connectivity index (χ1v) is 11.9. The molecule has 1 fully saturated rings. The van der Waals surface area contributed by atoms with Crippen LogP contribution in [0, 0.1) is 5.92 Å². The van der Waals surface area contributed by atoms with Gasteiger partial charge in [0.1, 0.15) is 6.10 Å². The zero-order valence-corrected chi connectivity index (χ0v) is 20.2. The number of hydrogen-bond acceptors (Lipinski definition) is 5. The Bertz CT molecular complexity index is 1310. The molecule has 2 aliphatic rings. The minimum absolute atomic E-state index is 0.0391. The van der Waals surface area contributed by atoms with E-state index in [-0.39, 0.29) is 18.1 Å². The average molecular weight is 496 g/mol. The number of hydrogen-bond donors (Lipinski definition) is 2. The van der Waals surface area contributed by atoms with Crippen molar-refractivity contribution in [3.05, 3.63) is 47.0 Å². The molecule has 3 heterocycles. The minimum atomic E-state index is -0.729. The number of rotatable bonds is 5. The summed E-state index contributed by atoms with van der Waals surface area (Å²) in [5, 5.41) is 9.68.